The summed E-state index contributed by atoms with van der Waals surface area (Å²) in [5, 5.41) is 23.5. The van der Waals surface area contributed by atoms with E-state index in [-0.39, 0.29) is 95.3 Å². The van der Waals surface area contributed by atoms with Crippen molar-refractivity contribution in [2.45, 2.75) is 210 Å². The van der Waals surface area contributed by atoms with Gasteiger partial charge in [0.15, 0.2) is 5.96 Å². The van der Waals surface area contributed by atoms with Crippen molar-refractivity contribution in [3.63, 3.8) is 0 Å². The lowest BCUT2D eigenvalue weighted by atomic mass is 9.98. The van der Waals surface area contributed by atoms with Gasteiger partial charge in [0.2, 0.25) is 76.8 Å². The van der Waals surface area contributed by atoms with E-state index in [1.807, 2.05) is 45.9 Å². The number of carbonyl (C=O) groups is 13. The number of unbranched alkanes of at least 4 members (excludes halogenated alkanes) is 1. The average molecular weight is 1500 g/mol. The van der Waals surface area contributed by atoms with Crippen LogP contribution in [0, 0.1) is 11.8 Å². The maximum Gasteiger partial charge on any atom is 0.245 e. The number of likely N-dealkylation sites (tertiary alicyclic amines) is 2. The number of nitrogens with two attached hydrogens (primary N) is 7. The third-order valence-corrected chi connectivity index (χ3v) is 19.2. The number of amides is 13. The molecule has 2 aromatic heterocycles. The van der Waals surface area contributed by atoms with Crippen LogP contribution in [-0.4, -0.2) is 195 Å². The summed E-state index contributed by atoms with van der Waals surface area (Å²) >= 11 is 0. The van der Waals surface area contributed by atoms with Crippen LogP contribution in [0.2, 0.25) is 0 Å². The number of aliphatic imine (C=N–C) groups is 1. The van der Waals surface area contributed by atoms with Crippen molar-refractivity contribution in [1.29, 1.82) is 0 Å². The zero-order valence-corrected chi connectivity index (χ0v) is 61.9. The summed E-state index contributed by atoms with van der Waals surface area (Å²) in [6.07, 6.45) is 4.13. The number of benzene rings is 3. The van der Waals surface area contributed by atoms with E-state index in [9.17, 15) is 47.9 Å². The largest absolute Gasteiger partial charge is 0.370 e. The monoisotopic (exact) mass is 1500 g/mol. The molecule has 7 rings (SSSR count). The maximum absolute atomic E-state index is 15.4. The van der Waals surface area contributed by atoms with E-state index in [2.05, 4.69) is 57.5 Å². The zero-order chi connectivity index (χ0) is 78.7. The van der Waals surface area contributed by atoms with E-state index < -0.39 is 169 Å². The van der Waals surface area contributed by atoms with Gasteiger partial charge < -0.3 is 102 Å². The molecular weight excluding hydrogens is 1390 g/mol. The van der Waals surface area contributed by atoms with Crippen LogP contribution >= 0.6 is 0 Å². The third kappa shape index (κ3) is 25.1. The molecule has 586 valence electrons. The number of hydrogen-bond donors (Lipinski definition) is 17. The van der Waals surface area contributed by atoms with Gasteiger partial charge in [0.1, 0.15) is 60.4 Å². The number of para-hydroxylation sites is 2. The predicted molar refractivity (Wildman–Crippen MR) is 405 cm³/mol. The van der Waals surface area contributed by atoms with Crippen molar-refractivity contribution in [3.05, 3.63) is 108 Å². The minimum atomic E-state index is -1.69. The number of carbonyl (C=O) groups excluding carboxylic acids is 13. The van der Waals surface area contributed by atoms with Gasteiger partial charge in [-0.1, -0.05) is 94.4 Å². The Labute approximate surface area is 627 Å². The first-order chi connectivity index (χ1) is 51.5. The van der Waals surface area contributed by atoms with E-state index >= 15 is 14.4 Å². The minimum absolute atomic E-state index is 0.0342. The van der Waals surface area contributed by atoms with Crippen molar-refractivity contribution in [3.8, 4) is 0 Å². The standard InChI is InChI=1S/C75H108N20O13/c1-42(2)35-55(64(80)98)89-67(101)56(36-43(3)4)90-69(103)59(39-46-41-85-51-23-11-9-20-48(46)51)93-68(102)57(37-44-17-6-5-7-18-44)91-70(104)58(38-45-40-84-50-22-10-8-19-47(45)50)92-66(100)52(27-29-62(78)96)86-65(99)53(28-30-63(79)97)87-71(105)61-26-16-34-95(61)74(108)54(24-12-13-31-76)88-72(106)60-25-15-33-94(60)73(107)49(77)21-14-32-83-75(81)82/h5-11,17-20,22-23,40-43,49,52-61,84-85H,12-16,21,24-39,76-77H2,1-4H3,(H2,78,96)(H2,79,97)(H2,80,98)(H,86,99)(H,87,105)(H,88,106)(H,89,101)(H,90,103)(H,91,104)(H,92,100)(H,93,102)(H4,81,82,83)/t49-,52+,53-,54-,55+,56+,57+,58-,59-,60?,61+/m1/s1. The van der Waals surface area contributed by atoms with Gasteiger partial charge in [-0.3, -0.25) is 67.3 Å². The molecule has 108 heavy (non-hydrogen) atoms. The molecule has 0 spiro atoms. The number of rotatable bonds is 43. The number of guanidine groups is 1. The summed E-state index contributed by atoms with van der Waals surface area (Å²) < 4.78 is 0. The molecule has 4 heterocycles. The van der Waals surface area contributed by atoms with Crippen molar-refractivity contribution >= 4 is 105 Å². The molecule has 0 radical (unpaired) electrons. The number of H-pyrrole nitrogens is 2. The van der Waals surface area contributed by atoms with Crippen molar-refractivity contribution < 1.29 is 62.3 Å². The fourth-order valence-corrected chi connectivity index (χ4v) is 13.6. The zero-order valence-electron chi connectivity index (χ0n) is 61.9. The lowest BCUT2D eigenvalue weighted by molar-refractivity contribution is -0.144. The van der Waals surface area contributed by atoms with Gasteiger partial charge in [0.05, 0.1) is 6.04 Å². The van der Waals surface area contributed by atoms with E-state index in [1.165, 1.54) is 9.80 Å². The quantitative estimate of drug-likeness (QED) is 0.0128. The van der Waals surface area contributed by atoms with Crippen molar-refractivity contribution in [2.75, 3.05) is 26.2 Å². The van der Waals surface area contributed by atoms with Crippen molar-refractivity contribution in [2.24, 2.45) is 57.0 Å². The number of aromatic nitrogens is 2. The molecule has 5 aromatic rings. The molecule has 2 fully saturated rings. The summed E-state index contributed by atoms with van der Waals surface area (Å²) in [5.41, 5.74) is 43.1. The number of primary amides is 3. The maximum atomic E-state index is 15.4. The molecule has 3 aromatic carbocycles. The lowest BCUT2D eigenvalue weighted by Crippen LogP contribution is -2.61. The van der Waals surface area contributed by atoms with Crippen LogP contribution in [-0.2, 0) is 81.6 Å². The number of hydrogen-bond acceptors (Lipinski definition) is 16. The Morgan fingerprint density at radius 3 is 1.36 bits per heavy atom. The summed E-state index contributed by atoms with van der Waals surface area (Å²) in [4.78, 5) is 197. The minimum Gasteiger partial charge on any atom is -0.370 e. The first-order valence-electron chi connectivity index (χ1n) is 37.1. The Morgan fingerprint density at radius 2 is 0.880 bits per heavy atom. The molecule has 2 saturated heterocycles. The number of fused-ring (bicyclic) bond motifs is 2. The number of aromatic amines is 2. The van der Waals surface area contributed by atoms with E-state index in [0.29, 0.717) is 66.1 Å². The van der Waals surface area contributed by atoms with Crippen LogP contribution < -0.4 is 82.7 Å². The molecule has 2 aliphatic heterocycles. The molecule has 1 unspecified atom stereocenters. The van der Waals surface area contributed by atoms with Gasteiger partial charge in [-0.2, -0.15) is 0 Å². The molecule has 24 N–H and O–H groups in total. The molecule has 33 nitrogen and oxygen atoms in total. The Bertz CT molecular complexity index is 3990. The first kappa shape index (κ1) is 84.3. The number of nitrogens with one attached hydrogen (secondary N) is 10. The van der Waals surface area contributed by atoms with E-state index in [0.717, 1.165) is 10.9 Å². The highest BCUT2D eigenvalue weighted by Gasteiger charge is 2.43. The second-order valence-corrected chi connectivity index (χ2v) is 28.7. The number of nitrogens with zero attached hydrogens (tertiary/aromatic N) is 3. The van der Waals surface area contributed by atoms with Crippen LogP contribution in [0.15, 0.2) is 96.2 Å². The highest BCUT2D eigenvalue weighted by Crippen LogP contribution is 2.26. The van der Waals surface area contributed by atoms with Gasteiger partial charge in [-0.15, -0.1) is 0 Å². The van der Waals surface area contributed by atoms with Crippen LogP contribution in [0.4, 0.5) is 0 Å². The topological polar surface area (TPSA) is 551 Å². The predicted octanol–water partition coefficient (Wildman–Crippen LogP) is -0.844. The van der Waals surface area contributed by atoms with Gasteiger partial charge in [0, 0.05) is 85.9 Å². The molecule has 11 atom stereocenters. The van der Waals surface area contributed by atoms with Crippen LogP contribution in [0.1, 0.15) is 141 Å². The molecular formula is C75H108N20O13. The van der Waals surface area contributed by atoms with Gasteiger partial charge >= 0.3 is 0 Å². The Morgan fingerprint density at radius 1 is 0.463 bits per heavy atom. The second-order valence-electron chi connectivity index (χ2n) is 28.7. The Balaban J connectivity index is 1.15. The molecule has 2 aliphatic rings. The fraction of sp³-hybridized carbons (Fsp3) is 0.520. The van der Waals surface area contributed by atoms with Gasteiger partial charge in [0.25, 0.3) is 0 Å². The lowest BCUT2D eigenvalue weighted by Gasteiger charge is -2.32. The van der Waals surface area contributed by atoms with E-state index in [4.69, 9.17) is 40.1 Å². The summed E-state index contributed by atoms with van der Waals surface area (Å²) in [6.45, 7) is 8.24. The Hall–Kier alpha value is -11.0. The molecule has 0 saturated carbocycles. The normalized spacial score (nSPS) is 16.7. The van der Waals surface area contributed by atoms with Crippen molar-refractivity contribution in [1.82, 2.24) is 62.3 Å². The van der Waals surface area contributed by atoms with Gasteiger partial charge in [-0.05, 0) is 131 Å². The van der Waals surface area contributed by atoms with E-state index in [1.54, 1.807) is 73.1 Å². The molecule has 0 aliphatic carbocycles. The van der Waals surface area contributed by atoms with Crippen LogP contribution in [0.5, 0.6) is 0 Å². The summed E-state index contributed by atoms with van der Waals surface area (Å²) in [7, 11) is 0. The summed E-state index contributed by atoms with van der Waals surface area (Å²) in [5.74, 6) is -10.6. The van der Waals surface area contributed by atoms with Gasteiger partial charge in [-0.25, -0.2) is 0 Å². The summed E-state index contributed by atoms with van der Waals surface area (Å²) in [6, 6.07) is 8.67. The fourth-order valence-electron chi connectivity index (χ4n) is 13.6. The molecule has 33 heteroatoms. The second kappa shape index (κ2) is 41.2. The first-order valence-corrected chi connectivity index (χ1v) is 37.1. The van der Waals surface area contributed by atoms with Crippen LogP contribution in [0.3, 0.4) is 0 Å². The SMILES string of the molecule is CC(C)C[C@H](NC(=O)[C@H](CC(C)C)NC(=O)[C@@H](Cc1c[nH]c2ccccc12)NC(=O)[C@H](Cc1ccccc1)NC(=O)[C@@H](Cc1c[nH]c2ccccc12)NC(=O)[C@H](CCC(N)=O)NC(=O)[C@@H](CCC(N)=O)NC(=O)[C@@H]1CCCN1C(=O)[C@@H](CCCCN)NC(=O)C1CCCN1C(=O)[C@H](N)CCCN=C(N)N)C(N)=O. The Kier molecular flexibility index (Phi) is 32.2. The average Bonchev–Trinajstić information content (AvgIpc) is 1.62. The van der Waals surface area contributed by atoms with Crippen LogP contribution in [0.25, 0.3) is 21.8 Å². The highest BCUT2D eigenvalue weighted by molar-refractivity contribution is 6.00. The highest BCUT2D eigenvalue weighted by atomic mass is 16.2. The molecule has 0 bridgehead atoms. The smallest absolute Gasteiger partial charge is 0.245 e. The third-order valence-electron chi connectivity index (χ3n) is 19.2. The molecule has 13 amide bonds.